The van der Waals surface area contributed by atoms with Crippen molar-refractivity contribution in [3.63, 3.8) is 0 Å². The molecular formula is C14H24K3N2O10+3. The van der Waals surface area contributed by atoms with Gasteiger partial charge in [-0.2, -0.15) is 0 Å². The van der Waals surface area contributed by atoms with E-state index in [-0.39, 0.29) is 194 Å². The van der Waals surface area contributed by atoms with Crippen LogP contribution in [0.15, 0.2) is 0 Å². The maximum Gasteiger partial charge on any atom is 1.00 e. The molecule has 29 heavy (non-hydrogen) atoms. The third-order valence-corrected chi connectivity index (χ3v) is 2.91. The summed E-state index contributed by atoms with van der Waals surface area (Å²) in [5.74, 6) is -4.55. The molecule has 0 amide bonds. The number of ether oxygens (including phenoxy) is 2. The number of hydrogen-bond acceptors (Lipinski definition) is 8. The van der Waals surface area contributed by atoms with Gasteiger partial charge < -0.3 is 29.9 Å². The van der Waals surface area contributed by atoms with Crippen LogP contribution in [0.5, 0.6) is 0 Å². The van der Waals surface area contributed by atoms with Crippen molar-refractivity contribution in [2.24, 2.45) is 0 Å². The zero-order chi connectivity index (χ0) is 19.9. The summed E-state index contributed by atoms with van der Waals surface area (Å²) in [7, 11) is 0. The smallest absolute Gasteiger partial charge is 0.480 e. The van der Waals surface area contributed by atoms with Crippen LogP contribution in [0.4, 0.5) is 0 Å². The molecule has 0 fully saturated rings. The zero-order valence-electron chi connectivity index (χ0n) is 17.2. The van der Waals surface area contributed by atoms with Crippen molar-refractivity contribution in [1.29, 1.82) is 0 Å². The Bertz CT molecular complexity index is 411. The van der Waals surface area contributed by atoms with Gasteiger partial charge in [-0.3, -0.25) is 29.0 Å². The molecule has 0 aliphatic carbocycles. The molecule has 0 aliphatic heterocycles. The van der Waals surface area contributed by atoms with Crippen molar-refractivity contribution < 1.29 is 203 Å². The number of carboxylic acid groups (broad SMARTS) is 4. The first-order valence-corrected chi connectivity index (χ1v) is 7.68. The van der Waals surface area contributed by atoms with Crippen LogP contribution < -0.4 is 154 Å². The van der Waals surface area contributed by atoms with E-state index >= 15 is 0 Å². The molecule has 0 aromatic rings. The van der Waals surface area contributed by atoms with E-state index < -0.39 is 50.1 Å². The summed E-state index contributed by atoms with van der Waals surface area (Å²) in [5, 5.41) is 34.7. The molecule has 0 spiro atoms. The first-order valence-electron chi connectivity index (χ1n) is 7.68. The molecule has 0 heterocycles. The number of rotatable bonds is 17. The molecule has 0 aromatic heterocycles. The summed E-state index contributed by atoms with van der Waals surface area (Å²) in [6, 6.07) is 0. The Morgan fingerprint density at radius 1 is 0.517 bits per heavy atom. The van der Waals surface area contributed by atoms with Crippen LogP contribution >= 0.6 is 0 Å². The Morgan fingerprint density at radius 2 is 0.759 bits per heavy atom. The minimum absolute atomic E-state index is 0. The number of aliphatic carboxylic acids is 4. The van der Waals surface area contributed by atoms with Gasteiger partial charge >= 0.3 is 178 Å². The second-order valence-electron chi connectivity index (χ2n) is 5.22. The molecule has 0 saturated heterocycles. The fourth-order valence-corrected chi connectivity index (χ4v) is 1.90. The molecule has 150 valence electrons. The van der Waals surface area contributed by atoms with Crippen LogP contribution in [0.3, 0.4) is 0 Å². The summed E-state index contributed by atoms with van der Waals surface area (Å²) in [5.41, 5.74) is 0. The fraction of sp³-hybridized carbons (Fsp3) is 0.714. The van der Waals surface area contributed by atoms with Gasteiger partial charge in [0.05, 0.1) is 52.6 Å². The molecule has 15 heteroatoms. The van der Waals surface area contributed by atoms with Crippen molar-refractivity contribution >= 4 is 23.9 Å². The predicted octanol–water partition coefficient (Wildman–Crippen LogP) is -11.0. The number of carbonyl (C=O) groups is 4. The molecule has 12 nitrogen and oxygen atoms in total. The van der Waals surface area contributed by atoms with E-state index in [9.17, 15) is 19.2 Å². The quantitative estimate of drug-likeness (QED) is 0.110. The van der Waals surface area contributed by atoms with Gasteiger partial charge in [0.15, 0.2) is 0 Å². The van der Waals surface area contributed by atoms with Crippen LogP contribution in [-0.4, -0.2) is 120 Å². The van der Waals surface area contributed by atoms with Crippen LogP contribution in [-0.2, 0) is 28.7 Å². The maximum atomic E-state index is 10.6. The minimum atomic E-state index is -1.14. The molecule has 0 unspecified atom stereocenters. The molecule has 0 aliphatic rings. The Morgan fingerprint density at radius 3 is 0.966 bits per heavy atom. The third-order valence-electron chi connectivity index (χ3n) is 2.91. The summed E-state index contributed by atoms with van der Waals surface area (Å²) >= 11 is 0. The second kappa shape index (κ2) is 25.3. The van der Waals surface area contributed by atoms with E-state index in [1.807, 2.05) is 0 Å². The molecular weight excluding hydrogens is 473 g/mol. The van der Waals surface area contributed by atoms with Crippen LogP contribution in [0.1, 0.15) is 0 Å². The average Bonchev–Trinajstić information content (AvgIpc) is 2.47. The monoisotopic (exact) mass is 497 g/mol. The van der Waals surface area contributed by atoms with Crippen molar-refractivity contribution in [2.75, 3.05) is 65.7 Å². The molecule has 0 saturated carbocycles. The normalized spacial score (nSPS) is 9.86. The van der Waals surface area contributed by atoms with Gasteiger partial charge in [0, 0.05) is 13.1 Å². The topological polar surface area (TPSA) is 174 Å². The SMILES string of the molecule is O=C(O)CN(CCOCCOCCN(CC(=O)O)CC(=O)O)CC(=O)O.[K+].[K+].[K+]. The first kappa shape index (κ1) is 38.9. The van der Waals surface area contributed by atoms with Crippen LogP contribution in [0.2, 0.25) is 0 Å². The zero-order valence-corrected chi connectivity index (χ0v) is 26.6. The van der Waals surface area contributed by atoms with E-state index in [4.69, 9.17) is 29.9 Å². The van der Waals surface area contributed by atoms with Gasteiger partial charge in [-0.15, -0.1) is 0 Å². The second-order valence-corrected chi connectivity index (χ2v) is 5.22. The van der Waals surface area contributed by atoms with E-state index in [0.29, 0.717) is 0 Å². The third kappa shape index (κ3) is 28.6. The Labute approximate surface area is 296 Å². The number of hydrogen-bond donors (Lipinski definition) is 4. The van der Waals surface area contributed by atoms with Crippen molar-refractivity contribution in [1.82, 2.24) is 9.80 Å². The Balaban J connectivity index is -0.00000104. The Hall–Kier alpha value is 2.63. The summed E-state index contributed by atoms with van der Waals surface area (Å²) in [6.07, 6.45) is 0. The average molecular weight is 498 g/mol. The van der Waals surface area contributed by atoms with Crippen molar-refractivity contribution in [3.05, 3.63) is 0 Å². The Kier molecular flexibility index (Phi) is 33.9. The van der Waals surface area contributed by atoms with E-state index in [0.717, 1.165) is 0 Å². The van der Waals surface area contributed by atoms with Crippen molar-refractivity contribution in [3.8, 4) is 0 Å². The minimum Gasteiger partial charge on any atom is -0.480 e. The van der Waals surface area contributed by atoms with Gasteiger partial charge in [-0.1, -0.05) is 0 Å². The predicted molar refractivity (Wildman–Crippen MR) is 85.1 cm³/mol. The van der Waals surface area contributed by atoms with E-state index in [1.54, 1.807) is 0 Å². The molecule has 0 radical (unpaired) electrons. The molecule has 0 bridgehead atoms. The van der Waals surface area contributed by atoms with Crippen molar-refractivity contribution in [2.45, 2.75) is 0 Å². The van der Waals surface area contributed by atoms with Gasteiger partial charge in [-0.05, 0) is 0 Å². The number of nitrogens with zero attached hydrogens (tertiary/aromatic N) is 2. The largest absolute Gasteiger partial charge is 1.00 e. The first-order chi connectivity index (χ1) is 12.2. The molecule has 0 atom stereocenters. The van der Waals surface area contributed by atoms with Gasteiger partial charge in [-0.25, -0.2) is 0 Å². The van der Waals surface area contributed by atoms with Gasteiger partial charge in [0.25, 0.3) is 0 Å². The molecule has 0 aromatic carbocycles. The van der Waals surface area contributed by atoms with E-state index in [2.05, 4.69) is 0 Å². The van der Waals surface area contributed by atoms with Gasteiger partial charge in [0.1, 0.15) is 0 Å². The van der Waals surface area contributed by atoms with Gasteiger partial charge in [0.2, 0.25) is 0 Å². The summed E-state index contributed by atoms with van der Waals surface area (Å²) in [6.45, 7) is -0.790. The number of carboxylic acids is 4. The molecule has 4 N–H and O–H groups in total. The molecule has 0 rings (SSSR count). The summed E-state index contributed by atoms with van der Waals surface area (Å²) in [4.78, 5) is 44.9. The maximum absolute atomic E-state index is 10.6. The fourth-order valence-electron chi connectivity index (χ4n) is 1.90. The standard InChI is InChI=1S/C14H24N2O10.3K/c17-11(18)7-15(8-12(19)20)1-3-25-5-6-26-4-2-16(9-13(21)22)10-14(23)24;;;/h1-10H2,(H,17,18)(H,19,20)(H,21,22)(H,23,24);;;/q;3*+1. The summed E-state index contributed by atoms with van der Waals surface area (Å²) < 4.78 is 10.4. The van der Waals surface area contributed by atoms with E-state index in [1.165, 1.54) is 9.80 Å². The van der Waals surface area contributed by atoms with Crippen LogP contribution in [0, 0.1) is 0 Å². The van der Waals surface area contributed by atoms with Crippen LogP contribution in [0.25, 0.3) is 0 Å².